The van der Waals surface area contributed by atoms with Crippen LogP contribution in [0.25, 0.3) is 11.0 Å². The molecule has 2 N–H and O–H groups in total. The van der Waals surface area contributed by atoms with Gasteiger partial charge < -0.3 is 19.5 Å². The van der Waals surface area contributed by atoms with Crippen LogP contribution in [-0.2, 0) is 7.05 Å². The van der Waals surface area contributed by atoms with Crippen molar-refractivity contribution in [2.45, 2.75) is 0 Å². The molecular weight excluding hydrogens is 462 g/mol. The first-order valence-electron chi connectivity index (χ1n) is 10.8. The fourth-order valence-electron chi connectivity index (χ4n) is 3.51. The molecule has 0 aliphatic heterocycles. The van der Waals surface area contributed by atoms with E-state index in [0.29, 0.717) is 16.6 Å². The van der Waals surface area contributed by atoms with Gasteiger partial charge in [0.25, 0.3) is 5.91 Å². The third kappa shape index (κ3) is 4.92. The quantitative estimate of drug-likeness (QED) is 0.324. The fourth-order valence-corrected chi connectivity index (χ4v) is 4.03. The number of benzene rings is 2. The predicted octanol–water partition coefficient (Wildman–Crippen LogP) is 5.28. The van der Waals surface area contributed by atoms with Crippen molar-refractivity contribution in [2.24, 2.45) is 7.05 Å². The van der Waals surface area contributed by atoms with Crippen molar-refractivity contribution in [1.82, 2.24) is 19.5 Å². The van der Waals surface area contributed by atoms with Crippen LogP contribution in [0.4, 0.5) is 22.5 Å². The minimum Gasteiger partial charge on any atom is -0.457 e. The topological polar surface area (TPSA) is 97.2 Å². The molecule has 2 aromatic carbocycles. The summed E-state index contributed by atoms with van der Waals surface area (Å²) in [5.41, 5.74) is 4.06. The lowest BCUT2D eigenvalue weighted by Crippen LogP contribution is -2.13. The van der Waals surface area contributed by atoms with E-state index in [1.54, 1.807) is 23.7 Å². The molecule has 0 saturated carbocycles. The van der Waals surface area contributed by atoms with Crippen molar-refractivity contribution in [2.75, 3.05) is 29.6 Å². The number of nitrogens with zero attached hydrogens (tertiary/aromatic N) is 5. The van der Waals surface area contributed by atoms with Crippen LogP contribution in [0, 0.1) is 0 Å². The first kappa shape index (κ1) is 22.4. The molecule has 0 radical (unpaired) electrons. The Hall–Kier alpha value is -4.44. The number of aryl methyl sites for hydroxylation is 1. The van der Waals surface area contributed by atoms with Crippen LogP contribution in [0.15, 0.2) is 72.4 Å². The molecule has 0 unspecified atom stereocenters. The Labute approximate surface area is 206 Å². The van der Waals surface area contributed by atoms with Gasteiger partial charge in [0.05, 0.1) is 11.0 Å². The summed E-state index contributed by atoms with van der Waals surface area (Å²) in [5.74, 6) is 1.48. The predicted molar refractivity (Wildman–Crippen MR) is 139 cm³/mol. The zero-order chi connectivity index (χ0) is 24.4. The number of pyridine rings is 1. The van der Waals surface area contributed by atoms with Crippen LogP contribution >= 0.6 is 11.3 Å². The van der Waals surface area contributed by atoms with E-state index in [9.17, 15) is 4.79 Å². The lowest BCUT2D eigenvalue weighted by molar-refractivity contribution is 0.102. The summed E-state index contributed by atoms with van der Waals surface area (Å²) in [6, 6.07) is 17.1. The molecule has 0 aliphatic carbocycles. The molecule has 35 heavy (non-hydrogen) atoms. The molecule has 0 aliphatic rings. The summed E-state index contributed by atoms with van der Waals surface area (Å²) in [7, 11) is 5.98. The molecule has 3 heterocycles. The van der Waals surface area contributed by atoms with Crippen molar-refractivity contribution in [1.29, 1.82) is 0 Å². The molecule has 10 heteroatoms. The highest BCUT2D eigenvalue weighted by Gasteiger charge is 2.13. The maximum atomic E-state index is 12.4. The van der Waals surface area contributed by atoms with Gasteiger partial charge in [-0.05, 0) is 42.5 Å². The highest BCUT2D eigenvalue weighted by Crippen LogP contribution is 2.28. The van der Waals surface area contributed by atoms with Crippen LogP contribution in [-0.4, -0.2) is 39.5 Å². The minimum absolute atomic E-state index is 0.239. The van der Waals surface area contributed by atoms with Crippen LogP contribution in [0.5, 0.6) is 11.5 Å². The van der Waals surface area contributed by atoms with Crippen molar-refractivity contribution in [3.63, 3.8) is 0 Å². The molecule has 176 valence electrons. The number of hydrogen-bond acceptors (Lipinski definition) is 8. The van der Waals surface area contributed by atoms with Crippen molar-refractivity contribution in [3.05, 3.63) is 78.1 Å². The van der Waals surface area contributed by atoms with Gasteiger partial charge in [0.1, 0.15) is 17.2 Å². The number of fused-ring (bicyclic) bond motifs is 1. The van der Waals surface area contributed by atoms with Gasteiger partial charge in [0.2, 0.25) is 5.95 Å². The van der Waals surface area contributed by atoms with Crippen LogP contribution in [0.3, 0.4) is 0 Å². The number of amides is 1. The first-order valence-corrected chi connectivity index (χ1v) is 11.7. The number of hydrogen-bond donors (Lipinski definition) is 2. The number of thiazole rings is 1. The molecular formula is C25H23N7O2S. The maximum absolute atomic E-state index is 12.4. The number of ether oxygens (including phenoxy) is 1. The Morgan fingerprint density at radius 3 is 2.54 bits per heavy atom. The van der Waals surface area contributed by atoms with E-state index in [4.69, 9.17) is 9.72 Å². The van der Waals surface area contributed by atoms with E-state index in [-0.39, 0.29) is 11.6 Å². The number of nitrogens with one attached hydrogen (secondary N) is 2. The second-order valence-corrected chi connectivity index (χ2v) is 8.88. The Morgan fingerprint density at radius 2 is 1.80 bits per heavy atom. The van der Waals surface area contributed by atoms with E-state index in [1.807, 2.05) is 56.0 Å². The number of carbonyl (C=O) groups excluding carboxylic acids is 1. The van der Waals surface area contributed by atoms with Gasteiger partial charge in [-0.2, -0.15) is 0 Å². The Morgan fingerprint density at radius 1 is 1.00 bits per heavy atom. The van der Waals surface area contributed by atoms with Crippen LogP contribution < -0.4 is 20.3 Å². The molecule has 0 saturated heterocycles. The van der Waals surface area contributed by atoms with Gasteiger partial charge in [0.15, 0.2) is 5.13 Å². The highest BCUT2D eigenvalue weighted by atomic mass is 32.1. The number of carbonyl (C=O) groups is 1. The van der Waals surface area contributed by atoms with Crippen LogP contribution in [0.2, 0.25) is 0 Å². The van der Waals surface area contributed by atoms with E-state index in [0.717, 1.165) is 28.4 Å². The zero-order valence-electron chi connectivity index (χ0n) is 19.4. The molecule has 3 aromatic heterocycles. The summed E-state index contributed by atoms with van der Waals surface area (Å²) in [6.45, 7) is 0. The number of imidazole rings is 1. The maximum Gasteiger partial charge on any atom is 0.276 e. The van der Waals surface area contributed by atoms with E-state index >= 15 is 0 Å². The number of anilines is 4. The van der Waals surface area contributed by atoms with E-state index in [1.165, 1.54) is 17.5 Å². The monoisotopic (exact) mass is 485 g/mol. The summed E-state index contributed by atoms with van der Waals surface area (Å²) in [6.07, 6.45) is 3.16. The summed E-state index contributed by atoms with van der Waals surface area (Å²) < 4.78 is 8.00. The van der Waals surface area contributed by atoms with Gasteiger partial charge in [0, 0.05) is 62.4 Å². The van der Waals surface area contributed by atoms with Crippen molar-refractivity contribution >= 4 is 50.7 Å². The second kappa shape index (κ2) is 9.43. The van der Waals surface area contributed by atoms with Crippen LogP contribution in [0.1, 0.15) is 10.5 Å². The third-order valence-electron chi connectivity index (χ3n) is 5.34. The summed E-state index contributed by atoms with van der Waals surface area (Å²) in [5, 5.41) is 8.39. The largest absolute Gasteiger partial charge is 0.457 e. The van der Waals surface area contributed by atoms with Crippen molar-refractivity contribution < 1.29 is 9.53 Å². The van der Waals surface area contributed by atoms with Crippen molar-refractivity contribution in [3.8, 4) is 11.5 Å². The van der Waals surface area contributed by atoms with Gasteiger partial charge >= 0.3 is 0 Å². The van der Waals surface area contributed by atoms with E-state index < -0.39 is 0 Å². The SMILES string of the molecule is CN(C)c1ccc(Nc2nc3cc(Oc4ccnc(C(=O)Nc5nccs5)c4)ccc3n2C)cc1. The standard InChI is InChI=1S/C25H23N7O2S/c1-31(2)17-6-4-16(5-7-17)28-24-29-20-14-18(8-9-22(20)32(24)3)34-19-10-11-26-21(15-19)23(33)30-25-27-12-13-35-25/h4-15H,1-3H3,(H,28,29)(H,27,30,33). The molecule has 5 aromatic rings. The lowest BCUT2D eigenvalue weighted by Gasteiger charge is -2.13. The van der Waals surface area contributed by atoms with Gasteiger partial charge in [-0.25, -0.2) is 9.97 Å². The second-order valence-electron chi connectivity index (χ2n) is 7.98. The fraction of sp³-hybridized carbons (Fsp3) is 0.120. The molecule has 0 spiro atoms. The Kier molecular flexibility index (Phi) is 6.02. The lowest BCUT2D eigenvalue weighted by atomic mass is 10.2. The number of aromatic nitrogens is 4. The Balaban J connectivity index is 1.33. The Bertz CT molecular complexity index is 1480. The van der Waals surface area contributed by atoms with Gasteiger partial charge in [-0.3, -0.25) is 15.1 Å². The molecule has 1 amide bonds. The zero-order valence-corrected chi connectivity index (χ0v) is 20.2. The van der Waals surface area contributed by atoms with Gasteiger partial charge in [-0.15, -0.1) is 11.3 Å². The highest BCUT2D eigenvalue weighted by molar-refractivity contribution is 7.13. The third-order valence-corrected chi connectivity index (χ3v) is 6.03. The number of rotatable bonds is 7. The molecule has 9 nitrogen and oxygen atoms in total. The summed E-state index contributed by atoms with van der Waals surface area (Å²) >= 11 is 1.34. The molecule has 0 atom stereocenters. The molecule has 0 bridgehead atoms. The minimum atomic E-state index is -0.347. The summed E-state index contributed by atoms with van der Waals surface area (Å²) in [4.78, 5) is 27.4. The molecule has 0 fully saturated rings. The average molecular weight is 486 g/mol. The first-order chi connectivity index (χ1) is 17.0. The normalized spacial score (nSPS) is 10.8. The average Bonchev–Trinajstić information content (AvgIpc) is 3.47. The van der Waals surface area contributed by atoms with E-state index in [2.05, 4.69) is 37.6 Å². The molecule has 5 rings (SSSR count). The van der Waals surface area contributed by atoms with Gasteiger partial charge in [-0.1, -0.05) is 0 Å². The smallest absolute Gasteiger partial charge is 0.276 e.